The van der Waals surface area contributed by atoms with Crippen molar-refractivity contribution in [2.24, 2.45) is 0 Å². The summed E-state index contributed by atoms with van der Waals surface area (Å²) < 4.78 is 77.3. The Morgan fingerprint density at radius 3 is 2.17 bits per heavy atom. The first-order chi connectivity index (χ1) is 13.9. The molecule has 0 saturated carbocycles. The summed E-state index contributed by atoms with van der Waals surface area (Å²) in [6, 6.07) is 7.28. The average molecular weight is 429 g/mol. The van der Waals surface area contributed by atoms with Gasteiger partial charge in [0.05, 0.1) is 22.0 Å². The number of amides is 1. The molecule has 0 atom stereocenters. The first kappa shape index (κ1) is 21.3. The molecule has 1 amide bonds. The third-order valence-electron chi connectivity index (χ3n) is 4.12. The van der Waals surface area contributed by atoms with Crippen molar-refractivity contribution in [1.29, 1.82) is 0 Å². The zero-order valence-corrected chi connectivity index (χ0v) is 15.0. The van der Waals surface area contributed by atoms with Gasteiger partial charge in [-0.25, -0.2) is 4.98 Å². The second-order valence-electron chi connectivity index (χ2n) is 6.37. The van der Waals surface area contributed by atoms with Crippen LogP contribution in [0.4, 0.5) is 32.0 Å². The molecule has 0 aliphatic heterocycles. The van der Waals surface area contributed by atoms with Crippen molar-refractivity contribution < 1.29 is 31.1 Å². The number of aryl methyl sites for hydroxylation is 1. The number of nitrogens with one attached hydrogen (secondary N) is 2. The van der Waals surface area contributed by atoms with Crippen molar-refractivity contribution in [3.63, 3.8) is 0 Å². The third kappa shape index (κ3) is 4.97. The first-order valence-corrected chi connectivity index (χ1v) is 8.51. The van der Waals surface area contributed by atoms with Crippen LogP contribution in [-0.4, -0.2) is 15.9 Å². The van der Waals surface area contributed by atoms with Crippen LogP contribution in [-0.2, 0) is 23.6 Å². The van der Waals surface area contributed by atoms with E-state index in [1.54, 1.807) is 24.3 Å². The van der Waals surface area contributed by atoms with Gasteiger partial charge in [-0.3, -0.25) is 9.59 Å². The fraction of sp³-hybridized carbons (Fsp3) is 0.211. The second-order valence-corrected chi connectivity index (χ2v) is 6.37. The van der Waals surface area contributed by atoms with Crippen LogP contribution in [0, 0.1) is 0 Å². The van der Waals surface area contributed by atoms with Crippen LogP contribution in [0.3, 0.4) is 0 Å². The van der Waals surface area contributed by atoms with E-state index in [9.17, 15) is 35.9 Å². The number of nitrogens with zero attached hydrogens (tertiary/aromatic N) is 1. The lowest BCUT2D eigenvalue weighted by atomic mass is 10.1. The van der Waals surface area contributed by atoms with Crippen molar-refractivity contribution in [2.75, 3.05) is 5.32 Å². The molecule has 0 radical (unpaired) electrons. The Morgan fingerprint density at radius 2 is 1.57 bits per heavy atom. The summed E-state index contributed by atoms with van der Waals surface area (Å²) >= 11 is 0. The molecule has 0 aliphatic rings. The molecule has 0 bridgehead atoms. The quantitative estimate of drug-likeness (QED) is 0.599. The molecule has 0 unspecified atom stereocenters. The highest BCUT2D eigenvalue weighted by Crippen LogP contribution is 2.37. The molecular weight excluding hydrogens is 416 g/mol. The van der Waals surface area contributed by atoms with Crippen LogP contribution >= 0.6 is 0 Å². The number of hydrogen-bond donors (Lipinski definition) is 2. The summed E-state index contributed by atoms with van der Waals surface area (Å²) in [6.07, 6.45) is -10.4. The van der Waals surface area contributed by atoms with Gasteiger partial charge in [-0.1, -0.05) is 12.1 Å². The van der Waals surface area contributed by atoms with E-state index < -0.39 is 40.6 Å². The molecule has 0 aliphatic carbocycles. The van der Waals surface area contributed by atoms with Crippen LogP contribution < -0.4 is 10.9 Å². The minimum absolute atomic E-state index is 0.0284. The number of H-pyrrole nitrogens is 1. The van der Waals surface area contributed by atoms with Gasteiger partial charge in [-0.15, -0.1) is 0 Å². The van der Waals surface area contributed by atoms with Crippen molar-refractivity contribution in [2.45, 2.75) is 25.2 Å². The number of para-hydroxylation sites is 1. The fourth-order valence-electron chi connectivity index (χ4n) is 2.74. The van der Waals surface area contributed by atoms with Gasteiger partial charge in [0.25, 0.3) is 5.56 Å². The molecule has 30 heavy (non-hydrogen) atoms. The zero-order valence-electron chi connectivity index (χ0n) is 15.0. The largest absolute Gasteiger partial charge is 0.416 e. The Hall–Kier alpha value is -3.37. The topological polar surface area (TPSA) is 74.8 Å². The second kappa shape index (κ2) is 7.81. The molecule has 2 aromatic carbocycles. The van der Waals surface area contributed by atoms with E-state index in [4.69, 9.17) is 0 Å². The van der Waals surface area contributed by atoms with Gasteiger partial charge < -0.3 is 10.3 Å². The SMILES string of the molecule is O=C(CCc1nc2ccccc2c(=O)[nH]1)Nc1cc(C(F)(F)F)cc(C(F)(F)F)c1. The number of hydrogen-bond acceptors (Lipinski definition) is 3. The summed E-state index contributed by atoms with van der Waals surface area (Å²) in [5.74, 6) is -0.674. The van der Waals surface area contributed by atoms with Crippen molar-refractivity contribution >= 4 is 22.5 Å². The van der Waals surface area contributed by atoms with Gasteiger partial charge in [-0.05, 0) is 30.3 Å². The monoisotopic (exact) mass is 429 g/mol. The van der Waals surface area contributed by atoms with Crippen molar-refractivity contribution in [1.82, 2.24) is 9.97 Å². The number of aromatic amines is 1. The van der Waals surface area contributed by atoms with E-state index in [-0.39, 0.29) is 24.7 Å². The molecule has 2 N–H and O–H groups in total. The Bertz CT molecular complexity index is 1120. The van der Waals surface area contributed by atoms with Crippen LogP contribution in [0.15, 0.2) is 47.3 Å². The number of carbonyl (C=O) groups excluding carboxylic acids is 1. The van der Waals surface area contributed by atoms with E-state index in [0.717, 1.165) is 0 Å². The van der Waals surface area contributed by atoms with Crippen molar-refractivity contribution in [3.05, 3.63) is 69.8 Å². The van der Waals surface area contributed by atoms with E-state index in [0.29, 0.717) is 23.0 Å². The highest BCUT2D eigenvalue weighted by Gasteiger charge is 2.37. The number of alkyl halides is 6. The van der Waals surface area contributed by atoms with Crippen LogP contribution in [0.2, 0.25) is 0 Å². The molecule has 5 nitrogen and oxygen atoms in total. The summed E-state index contributed by atoms with van der Waals surface area (Å²) in [5.41, 5.74) is -3.74. The molecule has 1 aromatic heterocycles. The molecule has 0 saturated heterocycles. The minimum Gasteiger partial charge on any atom is -0.326 e. The Labute approximate surface area is 164 Å². The molecule has 0 fully saturated rings. The van der Waals surface area contributed by atoms with Gasteiger partial charge in [0.1, 0.15) is 5.82 Å². The Morgan fingerprint density at radius 1 is 0.967 bits per heavy atom. The van der Waals surface area contributed by atoms with E-state index >= 15 is 0 Å². The molecule has 3 aromatic rings. The number of halogens is 6. The Balaban J connectivity index is 1.77. The van der Waals surface area contributed by atoms with Crippen LogP contribution in [0.5, 0.6) is 0 Å². The molecular formula is C19H13F6N3O2. The van der Waals surface area contributed by atoms with Gasteiger partial charge >= 0.3 is 12.4 Å². The maximum absolute atomic E-state index is 12.9. The average Bonchev–Trinajstić information content (AvgIpc) is 2.65. The normalized spacial score (nSPS) is 12.2. The molecule has 1 heterocycles. The summed E-state index contributed by atoms with van der Waals surface area (Å²) in [6.45, 7) is 0. The highest BCUT2D eigenvalue weighted by atomic mass is 19.4. The van der Waals surface area contributed by atoms with Gasteiger partial charge in [-0.2, -0.15) is 26.3 Å². The lowest BCUT2D eigenvalue weighted by Gasteiger charge is -2.14. The standard InChI is InChI=1S/C19H13F6N3O2/c20-18(21,22)10-7-11(19(23,24)25)9-12(8-10)26-16(29)6-5-15-27-14-4-2-1-3-13(14)17(30)28-15/h1-4,7-9H,5-6H2,(H,26,29)(H,27,28,30). The lowest BCUT2D eigenvalue weighted by molar-refractivity contribution is -0.143. The molecule has 11 heteroatoms. The van der Waals surface area contributed by atoms with Gasteiger partial charge in [0.15, 0.2) is 0 Å². The lowest BCUT2D eigenvalue weighted by Crippen LogP contribution is -2.17. The Kier molecular flexibility index (Phi) is 5.55. The summed E-state index contributed by atoms with van der Waals surface area (Å²) in [5, 5.41) is 2.37. The van der Waals surface area contributed by atoms with Gasteiger partial charge in [0, 0.05) is 18.5 Å². The predicted molar refractivity (Wildman–Crippen MR) is 95.8 cm³/mol. The third-order valence-corrected chi connectivity index (χ3v) is 4.12. The number of fused-ring (bicyclic) bond motifs is 1. The maximum Gasteiger partial charge on any atom is 0.416 e. The summed E-state index contributed by atoms with van der Waals surface area (Å²) in [4.78, 5) is 30.7. The maximum atomic E-state index is 12.9. The van der Waals surface area contributed by atoms with Crippen LogP contribution in [0.1, 0.15) is 23.4 Å². The summed E-state index contributed by atoms with van der Waals surface area (Å²) in [7, 11) is 0. The number of aromatic nitrogens is 2. The number of anilines is 1. The molecule has 3 rings (SSSR count). The molecule has 158 valence electrons. The minimum atomic E-state index is -5.02. The van der Waals surface area contributed by atoms with E-state index in [1.807, 2.05) is 5.32 Å². The first-order valence-electron chi connectivity index (χ1n) is 8.51. The van der Waals surface area contributed by atoms with E-state index in [2.05, 4.69) is 9.97 Å². The van der Waals surface area contributed by atoms with Gasteiger partial charge in [0.2, 0.25) is 5.91 Å². The number of rotatable bonds is 4. The fourth-order valence-corrected chi connectivity index (χ4v) is 2.74. The highest BCUT2D eigenvalue weighted by molar-refractivity contribution is 5.91. The van der Waals surface area contributed by atoms with Crippen LogP contribution in [0.25, 0.3) is 10.9 Å². The number of carbonyl (C=O) groups is 1. The number of benzene rings is 2. The van der Waals surface area contributed by atoms with Crippen molar-refractivity contribution in [3.8, 4) is 0 Å². The zero-order chi connectivity index (χ0) is 22.1. The van der Waals surface area contributed by atoms with E-state index in [1.165, 1.54) is 0 Å². The molecule has 0 spiro atoms. The predicted octanol–water partition coefficient (Wildman–Crippen LogP) is 4.53. The smallest absolute Gasteiger partial charge is 0.326 e.